The molecular weight excluding hydrogens is 464 g/mol. The molecule has 2 aromatic carbocycles. The zero-order chi connectivity index (χ0) is 21.1. The molecule has 2 heterocycles. The van der Waals surface area contributed by atoms with Crippen molar-refractivity contribution < 1.29 is 9.53 Å². The number of nitrogens with zero attached hydrogens (tertiary/aromatic N) is 3. The highest BCUT2D eigenvalue weighted by Gasteiger charge is 2.35. The summed E-state index contributed by atoms with van der Waals surface area (Å²) in [5, 5.41) is 11.6. The first-order valence-corrected chi connectivity index (χ1v) is 11.7. The van der Waals surface area contributed by atoms with Gasteiger partial charge in [-0.3, -0.25) is 15.1 Å². The second-order valence-corrected chi connectivity index (χ2v) is 9.01. The normalized spacial score (nSPS) is 17.5. The molecule has 2 aliphatic heterocycles. The summed E-state index contributed by atoms with van der Waals surface area (Å²) in [6, 6.07) is 13.4. The molecule has 30 heavy (non-hydrogen) atoms. The summed E-state index contributed by atoms with van der Waals surface area (Å²) < 4.78 is 6.51. The second-order valence-electron chi connectivity index (χ2n) is 7.01. The maximum Gasteiger partial charge on any atom is 0.276 e. The van der Waals surface area contributed by atoms with Crippen LogP contribution in [0.2, 0.25) is 0 Å². The van der Waals surface area contributed by atoms with Crippen LogP contribution in [0.5, 0.6) is 5.75 Å². The Hall–Kier alpha value is -2.32. The predicted octanol–water partition coefficient (Wildman–Crippen LogP) is 3.52. The molecule has 156 valence electrons. The van der Waals surface area contributed by atoms with Crippen LogP contribution in [0.25, 0.3) is 5.70 Å². The molecule has 2 aromatic rings. The average molecular weight is 487 g/mol. The van der Waals surface area contributed by atoms with Gasteiger partial charge in [-0.25, -0.2) is 5.01 Å². The monoisotopic (exact) mass is 486 g/mol. The van der Waals surface area contributed by atoms with E-state index in [1.165, 1.54) is 0 Å². The third-order valence-corrected chi connectivity index (χ3v) is 6.42. The Morgan fingerprint density at radius 3 is 2.87 bits per heavy atom. The van der Waals surface area contributed by atoms with Gasteiger partial charge >= 0.3 is 0 Å². The van der Waals surface area contributed by atoms with Crippen LogP contribution < -0.4 is 20.6 Å². The lowest BCUT2D eigenvalue weighted by atomic mass is 10.1. The van der Waals surface area contributed by atoms with Crippen molar-refractivity contribution >= 4 is 44.5 Å². The van der Waals surface area contributed by atoms with Crippen molar-refractivity contribution in [2.75, 3.05) is 12.9 Å². The molecule has 4 rings (SSSR count). The van der Waals surface area contributed by atoms with Crippen molar-refractivity contribution in [3.8, 4) is 5.75 Å². The van der Waals surface area contributed by atoms with E-state index in [9.17, 15) is 4.79 Å². The van der Waals surface area contributed by atoms with E-state index in [0.717, 1.165) is 45.6 Å². The largest absolute Gasteiger partial charge is 0.496 e. The number of amidine groups is 1. The molecule has 2 aliphatic rings. The summed E-state index contributed by atoms with van der Waals surface area (Å²) in [5.41, 5.74) is 1.35. The van der Waals surface area contributed by atoms with E-state index in [0.29, 0.717) is 16.6 Å². The third-order valence-electron chi connectivity index (χ3n) is 4.97. The van der Waals surface area contributed by atoms with Gasteiger partial charge in [0.1, 0.15) is 11.4 Å². The first kappa shape index (κ1) is 20.9. The SMILES string of the molecule is CCCCCSC1=NN2C(=c3ccccc3=N[C@@H]2c2cc(Br)ccc2OC)C(=O)N1. The Labute approximate surface area is 188 Å². The molecule has 1 N–H and O–H groups in total. The Balaban J connectivity index is 1.82. The zero-order valence-electron chi connectivity index (χ0n) is 16.9. The lowest BCUT2D eigenvalue weighted by Gasteiger charge is -2.34. The summed E-state index contributed by atoms with van der Waals surface area (Å²) in [6.45, 7) is 2.18. The van der Waals surface area contributed by atoms with Crippen molar-refractivity contribution in [2.24, 2.45) is 10.1 Å². The van der Waals surface area contributed by atoms with Crippen molar-refractivity contribution in [3.63, 3.8) is 0 Å². The number of nitrogens with one attached hydrogen (secondary N) is 1. The van der Waals surface area contributed by atoms with Crippen LogP contribution in [0, 0.1) is 0 Å². The molecule has 8 heteroatoms. The van der Waals surface area contributed by atoms with Gasteiger partial charge in [0.15, 0.2) is 11.3 Å². The zero-order valence-corrected chi connectivity index (χ0v) is 19.3. The van der Waals surface area contributed by atoms with E-state index in [1.807, 2.05) is 42.5 Å². The number of hydrazone groups is 1. The molecule has 6 nitrogen and oxygen atoms in total. The highest BCUT2D eigenvalue weighted by Crippen LogP contribution is 2.37. The molecule has 0 aliphatic carbocycles. The van der Waals surface area contributed by atoms with E-state index >= 15 is 0 Å². The molecule has 0 aromatic heterocycles. The van der Waals surface area contributed by atoms with Crippen LogP contribution in [0.3, 0.4) is 0 Å². The number of halogens is 1. The molecule has 0 spiro atoms. The van der Waals surface area contributed by atoms with Crippen molar-refractivity contribution in [2.45, 2.75) is 32.4 Å². The third kappa shape index (κ3) is 4.11. The number of hydrogen-bond acceptors (Lipinski definition) is 6. The minimum absolute atomic E-state index is 0.163. The number of rotatable bonds is 6. The van der Waals surface area contributed by atoms with Crippen LogP contribution in [-0.2, 0) is 4.79 Å². The number of unbranched alkanes of at least 4 members (excludes halogenated alkanes) is 2. The fraction of sp³-hybridized carbons (Fsp3) is 0.318. The van der Waals surface area contributed by atoms with Crippen LogP contribution >= 0.6 is 27.7 Å². The number of ether oxygens (including phenoxy) is 1. The van der Waals surface area contributed by atoms with Crippen LogP contribution in [0.4, 0.5) is 0 Å². The standard InChI is InChI=1S/C22H23BrN4O2S/c1-3-4-7-12-30-22-25-21(28)19-15-8-5-6-9-17(15)24-20(27(19)26-22)16-13-14(23)10-11-18(16)29-2/h5-6,8-11,13,20H,3-4,7,12H2,1-2H3,(H,25,26,28)/t20-/m0/s1. The smallest absolute Gasteiger partial charge is 0.276 e. The summed E-state index contributed by atoms with van der Waals surface area (Å²) in [7, 11) is 1.63. The summed E-state index contributed by atoms with van der Waals surface area (Å²) >= 11 is 5.11. The maximum atomic E-state index is 13.1. The molecule has 0 fully saturated rings. The van der Waals surface area contributed by atoms with Crippen molar-refractivity contribution in [3.05, 3.63) is 63.1 Å². The minimum Gasteiger partial charge on any atom is -0.496 e. The Morgan fingerprint density at radius 2 is 2.07 bits per heavy atom. The lowest BCUT2D eigenvalue weighted by Crippen LogP contribution is -2.50. The fourth-order valence-electron chi connectivity index (χ4n) is 3.52. The second kappa shape index (κ2) is 9.22. The number of amides is 1. The molecular formula is C22H23BrN4O2S. The fourth-order valence-corrected chi connectivity index (χ4v) is 4.75. The first-order valence-electron chi connectivity index (χ1n) is 9.95. The Kier molecular flexibility index (Phi) is 6.43. The van der Waals surface area contributed by atoms with E-state index < -0.39 is 6.17 Å². The number of carbonyl (C=O) groups excluding carboxylic acids is 1. The number of methoxy groups -OCH3 is 1. The number of benzene rings is 2. The average Bonchev–Trinajstić information content (AvgIpc) is 2.76. The molecule has 1 amide bonds. The van der Waals surface area contributed by atoms with Gasteiger partial charge in [-0.05, 0) is 30.7 Å². The van der Waals surface area contributed by atoms with Gasteiger partial charge in [-0.2, -0.15) is 0 Å². The van der Waals surface area contributed by atoms with Crippen LogP contribution in [0.15, 0.2) is 57.0 Å². The summed E-state index contributed by atoms with van der Waals surface area (Å²) in [6.07, 6.45) is 2.90. The Morgan fingerprint density at radius 1 is 1.23 bits per heavy atom. The van der Waals surface area contributed by atoms with Crippen LogP contribution in [0.1, 0.15) is 37.9 Å². The first-order chi connectivity index (χ1) is 14.6. The van der Waals surface area contributed by atoms with E-state index in [4.69, 9.17) is 14.8 Å². The van der Waals surface area contributed by atoms with Crippen molar-refractivity contribution in [1.82, 2.24) is 10.3 Å². The molecule has 0 bridgehead atoms. The van der Waals surface area contributed by atoms with Crippen molar-refractivity contribution in [1.29, 1.82) is 0 Å². The molecule has 0 unspecified atom stereocenters. The van der Waals surface area contributed by atoms with Gasteiger partial charge in [-0.1, -0.05) is 65.7 Å². The van der Waals surface area contributed by atoms with E-state index in [1.54, 1.807) is 23.9 Å². The lowest BCUT2D eigenvalue weighted by molar-refractivity contribution is -0.116. The van der Waals surface area contributed by atoms with Crippen LogP contribution in [-0.4, -0.2) is 28.9 Å². The van der Waals surface area contributed by atoms with Gasteiger partial charge in [0.25, 0.3) is 5.91 Å². The molecule has 0 saturated heterocycles. The van der Waals surface area contributed by atoms with E-state index in [-0.39, 0.29) is 5.91 Å². The van der Waals surface area contributed by atoms with Gasteiger partial charge in [0, 0.05) is 21.0 Å². The van der Waals surface area contributed by atoms with Gasteiger partial charge in [0.2, 0.25) is 0 Å². The molecule has 0 radical (unpaired) electrons. The minimum atomic E-state index is -0.500. The number of para-hydroxylation sites is 1. The van der Waals surface area contributed by atoms with Gasteiger partial charge in [0.05, 0.1) is 12.5 Å². The highest BCUT2D eigenvalue weighted by atomic mass is 79.9. The van der Waals surface area contributed by atoms with Gasteiger partial charge < -0.3 is 4.74 Å². The number of carbonyl (C=O) groups is 1. The number of hydrogen-bond donors (Lipinski definition) is 1. The molecule has 1 atom stereocenters. The Bertz CT molecular complexity index is 1120. The summed E-state index contributed by atoms with van der Waals surface area (Å²) in [4.78, 5) is 18.1. The quantitative estimate of drug-likeness (QED) is 0.634. The maximum absolute atomic E-state index is 13.1. The van der Waals surface area contributed by atoms with E-state index in [2.05, 4.69) is 28.2 Å². The molecule has 0 saturated carbocycles. The predicted molar refractivity (Wildman–Crippen MR) is 123 cm³/mol. The summed E-state index contributed by atoms with van der Waals surface area (Å²) in [5.74, 6) is 1.45. The van der Waals surface area contributed by atoms with Gasteiger partial charge in [-0.15, -0.1) is 5.10 Å². The number of fused-ring (bicyclic) bond motifs is 2. The number of thioether (sulfide) groups is 1. The highest BCUT2D eigenvalue weighted by molar-refractivity contribution is 9.10. The topological polar surface area (TPSA) is 66.3 Å².